The molecule has 4 N–H and O–H groups in total. The van der Waals surface area contributed by atoms with Crippen LogP contribution in [0.3, 0.4) is 0 Å². The molecule has 2 saturated heterocycles. The minimum atomic E-state index is -1.75. The predicted octanol–water partition coefficient (Wildman–Crippen LogP) is 1.32. The highest BCUT2D eigenvalue weighted by molar-refractivity contribution is 8.01. The molecule has 234 valence electrons. The van der Waals surface area contributed by atoms with E-state index < -0.39 is 65.5 Å². The maximum Gasteiger partial charge on any atom is 0.509 e. The summed E-state index contributed by atoms with van der Waals surface area (Å²) >= 11 is 4.09. The number of benzene rings is 1. The van der Waals surface area contributed by atoms with E-state index in [2.05, 4.69) is 15.5 Å². The number of ether oxygens (including phenoxy) is 3. The normalized spacial score (nSPS) is 24.1. The van der Waals surface area contributed by atoms with Crippen molar-refractivity contribution in [3.05, 3.63) is 51.7 Å². The molecule has 2 aromatic rings. The van der Waals surface area contributed by atoms with Gasteiger partial charge in [0.15, 0.2) is 22.3 Å². The Morgan fingerprint density at radius 2 is 2.00 bits per heavy atom. The summed E-state index contributed by atoms with van der Waals surface area (Å²) in [5.74, 6) is -2.05. The number of hydrogen-bond acceptors (Lipinski definition) is 15. The number of aromatic nitrogens is 2. The molecule has 1 aromatic heterocycles. The lowest BCUT2D eigenvalue weighted by atomic mass is 9.95. The Morgan fingerprint density at radius 3 is 2.66 bits per heavy atom. The number of carbonyl (C=O) groups excluding carboxylic acids is 5. The number of nitrogens with two attached hydrogens (primary N) is 1. The Balaban J connectivity index is 1.32. The number of carbonyl (C=O) groups is 5. The Labute approximate surface area is 264 Å². The number of β-lactam (4-membered cyclic amide) rings is 1. The van der Waals surface area contributed by atoms with Crippen molar-refractivity contribution in [1.82, 2.24) is 20.4 Å². The zero-order valence-electron chi connectivity index (χ0n) is 23.8. The molecule has 4 unspecified atom stereocenters. The lowest BCUT2D eigenvalue weighted by Gasteiger charge is -2.49. The number of ketones is 1. The number of thioether (sulfide) groups is 2. The number of aryl methyl sites for hydroxylation is 1. The molecule has 0 spiro atoms. The number of amides is 2. The van der Waals surface area contributed by atoms with E-state index in [0.29, 0.717) is 21.4 Å². The van der Waals surface area contributed by atoms with Crippen LogP contribution in [0, 0.1) is 6.92 Å². The Morgan fingerprint density at radius 1 is 1.25 bits per heavy atom. The first-order chi connectivity index (χ1) is 21.0. The molecule has 14 nitrogen and oxygen atoms in total. The molecular weight excluding hydrogens is 635 g/mol. The Bertz CT molecular complexity index is 1530. The van der Waals surface area contributed by atoms with Crippen molar-refractivity contribution in [2.45, 2.75) is 60.9 Å². The topological polar surface area (TPSA) is 200 Å². The minimum Gasteiger partial charge on any atom is -0.457 e. The number of cyclic esters (lactones) is 2. The number of aliphatic hydroxyl groups is 1. The van der Waals surface area contributed by atoms with E-state index in [1.807, 2.05) is 6.92 Å². The van der Waals surface area contributed by atoms with Gasteiger partial charge in [-0.2, -0.15) is 0 Å². The van der Waals surface area contributed by atoms with Gasteiger partial charge in [0.1, 0.15) is 34.8 Å². The molecule has 1 aromatic carbocycles. The second kappa shape index (κ2) is 13.2. The number of Topliss-reactive ketones (excluding diaryl/α,β-unsaturated/α-hetero) is 1. The standard InChI is InChI=1S/C27H29N5O9S3/c1-11(28)20(33)15-6-4-5-7-16(15)21(34)22(35)29-18-23(36)32-19(25(37)39-8-17-12(2)40-27(38)41-17)14(9-42-24(18)32)10-43-26-31-30-13(3)44-26/h4-7,11-12,17-18,21,24,34H,8-10,28H2,1-3H3,(H,29,35)/t11-,12?,17?,18?,21?,24-/m0/s1. The van der Waals surface area contributed by atoms with Crippen molar-refractivity contribution in [2.24, 2.45) is 5.73 Å². The van der Waals surface area contributed by atoms with Crippen LogP contribution in [-0.2, 0) is 28.6 Å². The van der Waals surface area contributed by atoms with E-state index >= 15 is 0 Å². The lowest BCUT2D eigenvalue weighted by Crippen LogP contribution is -2.71. The molecule has 5 rings (SSSR count). The molecule has 0 aliphatic carbocycles. The van der Waals surface area contributed by atoms with Gasteiger partial charge in [0.05, 0.1) is 6.04 Å². The summed E-state index contributed by atoms with van der Waals surface area (Å²) in [5.41, 5.74) is 6.54. The fourth-order valence-corrected chi connectivity index (χ4v) is 8.02. The Kier molecular flexibility index (Phi) is 9.59. The number of nitrogens with zero attached hydrogens (tertiary/aromatic N) is 3. The van der Waals surface area contributed by atoms with Gasteiger partial charge in [-0.1, -0.05) is 47.4 Å². The van der Waals surface area contributed by atoms with Crippen LogP contribution in [0.2, 0.25) is 0 Å². The maximum atomic E-state index is 13.4. The summed E-state index contributed by atoms with van der Waals surface area (Å²) in [6.45, 7) is 4.65. The zero-order valence-corrected chi connectivity index (χ0v) is 26.2. The van der Waals surface area contributed by atoms with Gasteiger partial charge in [0, 0.05) is 22.6 Å². The van der Waals surface area contributed by atoms with Crippen LogP contribution in [0.25, 0.3) is 0 Å². The highest BCUT2D eigenvalue weighted by Gasteiger charge is 2.55. The van der Waals surface area contributed by atoms with Crippen LogP contribution < -0.4 is 11.1 Å². The summed E-state index contributed by atoms with van der Waals surface area (Å²) in [6.07, 6.45) is -4.04. The number of rotatable bonds is 11. The number of hydrogen-bond donors (Lipinski definition) is 3. The quantitative estimate of drug-likeness (QED) is 0.135. The molecule has 4 heterocycles. The van der Waals surface area contributed by atoms with Crippen LogP contribution in [0.1, 0.15) is 40.9 Å². The summed E-state index contributed by atoms with van der Waals surface area (Å²) < 4.78 is 16.1. The molecule has 0 bridgehead atoms. The molecule has 44 heavy (non-hydrogen) atoms. The van der Waals surface area contributed by atoms with Gasteiger partial charge in [-0.15, -0.1) is 22.0 Å². The van der Waals surface area contributed by atoms with Crippen LogP contribution in [0.15, 0.2) is 39.9 Å². The van der Waals surface area contributed by atoms with Crippen LogP contribution in [-0.4, -0.2) is 97.7 Å². The highest BCUT2D eigenvalue weighted by atomic mass is 32.2. The molecule has 0 saturated carbocycles. The predicted molar refractivity (Wildman–Crippen MR) is 159 cm³/mol. The number of nitrogens with one attached hydrogen (secondary N) is 1. The first-order valence-electron chi connectivity index (χ1n) is 13.5. The average molecular weight is 664 g/mol. The third-order valence-corrected chi connectivity index (χ3v) is 10.4. The van der Waals surface area contributed by atoms with Crippen molar-refractivity contribution < 1.29 is 43.3 Å². The smallest absolute Gasteiger partial charge is 0.457 e. The first kappa shape index (κ1) is 31.9. The van der Waals surface area contributed by atoms with Gasteiger partial charge >= 0.3 is 12.1 Å². The third-order valence-electron chi connectivity index (χ3n) is 7.03. The molecule has 6 atom stereocenters. The second-order valence-corrected chi connectivity index (χ2v) is 13.7. The van der Waals surface area contributed by atoms with E-state index in [0.717, 1.165) is 5.01 Å². The average Bonchev–Trinajstić information content (AvgIpc) is 3.58. The van der Waals surface area contributed by atoms with Gasteiger partial charge in [0.25, 0.3) is 11.8 Å². The maximum absolute atomic E-state index is 13.4. The monoisotopic (exact) mass is 663 g/mol. The van der Waals surface area contributed by atoms with E-state index in [-0.39, 0.29) is 23.4 Å². The van der Waals surface area contributed by atoms with E-state index in [1.165, 1.54) is 58.8 Å². The summed E-state index contributed by atoms with van der Waals surface area (Å²) in [4.78, 5) is 65.2. The Hall–Kier alpha value is -3.51. The molecule has 2 fully saturated rings. The van der Waals surface area contributed by atoms with Gasteiger partial charge in [-0.05, 0) is 26.3 Å². The largest absolute Gasteiger partial charge is 0.509 e. The molecule has 17 heteroatoms. The first-order valence-corrected chi connectivity index (χ1v) is 16.3. The summed E-state index contributed by atoms with van der Waals surface area (Å²) in [7, 11) is 0. The molecule has 0 radical (unpaired) electrons. The molecule has 2 amide bonds. The molecule has 3 aliphatic heterocycles. The van der Waals surface area contributed by atoms with Crippen molar-refractivity contribution in [3.8, 4) is 0 Å². The fraction of sp³-hybridized carbons (Fsp3) is 0.444. The second-order valence-electron chi connectivity index (χ2n) is 10.2. The van der Waals surface area contributed by atoms with Crippen molar-refractivity contribution in [2.75, 3.05) is 18.1 Å². The van der Waals surface area contributed by atoms with Crippen LogP contribution >= 0.6 is 34.9 Å². The lowest BCUT2D eigenvalue weighted by molar-refractivity contribution is -0.154. The third kappa shape index (κ3) is 6.46. The van der Waals surface area contributed by atoms with E-state index in [4.69, 9.17) is 19.9 Å². The highest BCUT2D eigenvalue weighted by Crippen LogP contribution is 2.42. The fourth-order valence-electron chi connectivity index (χ4n) is 4.72. The van der Waals surface area contributed by atoms with Crippen molar-refractivity contribution in [1.29, 1.82) is 0 Å². The van der Waals surface area contributed by atoms with Crippen molar-refractivity contribution >= 4 is 64.6 Å². The number of esters is 1. The van der Waals surface area contributed by atoms with Crippen molar-refractivity contribution in [3.63, 3.8) is 0 Å². The van der Waals surface area contributed by atoms with Gasteiger partial charge in [0.2, 0.25) is 0 Å². The van der Waals surface area contributed by atoms with Crippen LogP contribution in [0.4, 0.5) is 4.79 Å². The summed E-state index contributed by atoms with van der Waals surface area (Å²) in [6, 6.07) is 4.17. The molecule has 3 aliphatic rings. The molecular formula is C27H29N5O9S3. The van der Waals surface area contributed by atoms with E-state index in [9.17, 15) is 29.1 Å². The summed E-state index contributed by atoms with van der Waals surface area (Å²) in [5, 5.41) is 21.6. The van der Waals surface area contributed by atoms with Gasteiger partial charge in [-0.25, -0.2) is 9.59 Å². The zero-order chi connectivity index (χ0) is 31.7. The van der Waals surface area contributed by atoms with Gasteiger partial charge in [-0.3, -0.25) is 19.3 Å². The van der Waals surface area contributed by atoms with E-state index in [1.54, 1.807) is 19.1 Å². The minimum absolute atomic E-state index is 0.0318. The SMILES string of the molecule is Cc1nnc(SCC2=C(C(=O)OCC3OC(=O)OC3C)N3C(=O)C(NC(=O)C(O)c4ccccc4C(=O)[C@H](C)N)[C@@H]3SC2)s1. The number of fused-ring (bicyclic) bond motifs is 1. The van der Waals surface area contributed by atoms with Gasteiger partial charge < -0.3 is 30.4 Å². The number of aliphatic hydroxyl groups excluding tert-OH is 1. The van der Waals surface area contributed by atoms with Crippen LogP contribution in [0.5, 0.6) is 0 Å².